The molecule has 0 bridgehead atoms. The topological polar surface area (TPSA) is 87.7 Å². The molecule has 0 saturated carbocycles. The van der Waals surface area contributed by atoms with Gasteiger partial charge >= 0.3 is 0 Å². The van der Waals surface area contributed by atoms with Crippen molar-refractivity contribution in [2.45, 2.75) is 17.9 Å². The van der Waals surface area contributed by atoms with Gasteiger partial charge in [-0.2, -0.15) is 0 Å². The third kappa shape index (κ3) is 5.80. The third-order valence-corrected chi connectivity index (χ3v) is 7.99. The van der Waals surface area contributed by atoms with Crippen LogP contribution in [0.4, 0.5) is 5.69 Å². The van der Waals surface area contributed by atoms with E-state index in [1.807, 2.05) is 30.5 Å². The van der Waals surface area contributed by atoms with Gasteiger partial charge in [-0.15, -0.1) is 11.3 Å². The molecule has 0 aliphatic carbocycles. The molecule has 174 valence electrons. The lowest BCUT2D eigenvalue weighted by Crippen LogP contribution is -2.43. The van der Waals surface area contributed by atoms with E-state index in [2.05, 4.69) is 21.0 Å². The van der Waals surface area contributed by atoms with E-state index in [1.165, 1.54) is 29.1 Å². The Morgan fingerprint density at radius 3 is 2.45 bits per heavy atom. The minimum atomic E-state index is -3.75. The fourth-order valence-electron chi connectivity index (χ4n) is 3.75. The summed E-state index contributed by atoms with van der Waals surface area (Å²) in [5.74, 6) is -0.236. The number of hydrogen-bond acceptors (Lipinski definition) is 6. The number of rotatable bonds is 8. The number of nitrogens with zero attached hydrogens (tertiary/aromatic N) is 1. The number of aryl methyl sites for hydroxylation is 1. The number of para-hydroxylation sites is 1. The van der Waals surface area contributed by atoms with Gasteiger partial charge in [-0.1, -0.05) is 24.3 Å². The number of carbonyl (C=O) groups is 1. The van der Waals surface area contributed by atoms with E-state index in [0.29, 0.717) is 31.0 Å². The third-order valence-electron chi connectivity index (χ3n) is 5.63. The van der Waals surface area contributed by atoms with Gasteiger partial charge in [0.25, 0.3) is 15.9 Å². The molecule has 33 heavy (non-hydrogen) atoms. The number of morpholine rings is 1. The summed E-state index contributed by atoms with van der Waals surface area (Å²) in [6, 6.07) is 17.3. The van der Waals surface area contributed by atoms with E-state index in [-0.39, 0.29) is 16.8 Å². The first kappa shape index (κ1) is 23.4. The lowest BCUT2D eigenvalue weighted by Gasteiger charge is -2.34. The molecule has 2 heterocycles. The lowest BCUT2D eigenvalue weighted by atomic mass is 10.1. The van der Waals surface area contributed by atoms with Gasteiger partial charge in [0, 0.05) is 30.1 Å². The van der Waals surface area contributed by atoms with Crippen molar-refractivity contribution >= 4 is 33.0 Å². The molecule has 2 aromatic carbocycles. The maximum atomic E-state index is 12.8. The van der Waals surface area contributed by atoms with Crippen molar-refractivity contribution in [1.82, 2.24) is 10.2 Å². The van der Waals surface area contributed by atoms with Gasteiger partial charge < -0.3 is 10.1 Å². The molecule has 3 aromatic rings. The van der Waals surface area contributed by atoms with Crippen LogP contribution in [0.3, 0.4) is 0 Å². The zero-order chi connectivity index (χ0) is 23.3. The number of carbonyl (C=O) groups excluding carboxylic acids is 1. The lowest BCUT2D eigenvalue weighted by molar-refractivity contribution is 0.0169. The van der Waals surface area contributed by atoms with Crippen molar-refractivity contribution in [2.75, 3.05) is 37.6 Å². The van der Waals surface area contributed by atoms with Crippen molar-refractivity contribution in [3.63, 3.8) is 0 Å². The number of hydrogen-bond donors (Lipinski definition) is 2. The molecule has 4 rings (SSSR count). The van der Waals surface area contributed by atoms with E-state index >= 15 is 0 Å². The van der Waals surface area contributed by atoms with Crippen LogP contribution in [0.25, 0.3) is 0 Å². The minimum Gasteiger partial charge on any atom is -0.379 e. The summed E-state index contributed by atoms with van der Waals surface area (Å²) in [5, 5.41) is 5.05. The zero-order valence-electron chi connectivity index (χ0n) is 18.4. The largest absolute Gasteiger partial charge is 0.379 e. The predicted molar refractivity (Wildman–Crippen MR) is 130 cm³/mol. The second-order valence-electron chi connectivity index (χ2n) is 7.83. The van der Waals surface area contributed by atoms with Crippen molar-refractivity contribution < 1.29 is 17.9 Å². The number of nitrogens with one attached hydrogen (secondary N) is 2. The Hall–Kier alpha value is -2.72. The van der Waals surface area contributed by atoms with Gasteiger partial charge in [0.1, 0.15) is 0 Å². The van der Waals surface area contributed by atoms with Crippen LogP contribution in [-0.4, -0.2) is 52.1 Å². The molecule has 7 nitrogen and oxygen atoms in total. The molecule has 1 saturated heterocycles. The Morgan fingerprint density at radius 2 is 1.79 bits per heavy atom. The van der Waals surface area contributed by atoms with Crippen LogP contribution in [-0.2, 0) is 14.8 Å². The highest BCUT2D eigenvalue weighted by molar-refractivity contribution is 7.92. The number of amides is 1. The summed E-state index contributed by atoms with van der Waals surface area (Å²) in [6.45, 7) is 5.31. The van der Waals surface area contributed by atoms with E-state index in [4.69, 9.17) is 4.74 Å². The molecule has 1 aromatic heterocycles. The Bertz CT molecular complexity index is 1170. The van der Waals surface area contributed by atoms with Crippen LogP contribution in [0, 0.1) is 6.92 Å². The molecule has 9 heteroatoms. The molecule has 1 unspecified atom stereocenters. The van der Waals surface area contributed by atoms with Gasteiger partial charge in [0.15, 0.2) is 0 Å². The maximum Gasteiger partial charge on any atom is 0.261 e. The van der Waals surface area contributed by atoms with Gasteiger partial charge in [-0.3, -0.25) is 14.4 Å². The Balaban J connectivity index is 1.42. The summed E-state index contributed by atoms with van der Waals surface area (Å²) >= 11 is 1.67. The average molecular weight is 486 g/mol. The second-order valence-corrected chi connectivity index (χ2v) is 10.5. The summed E-state index contributed by atoms with van der Waals surface area (Å²) in [5.41, 5.74) is 1.77. The molecule has 1 amide bonds. The highest BCUT2D eigenvalue weighted by atomic mass is 32.2. The zero-order valence-corrected chi connectivity index (χ0v) is 20.0. The first-order valence-electron chi connectivity index (χ1n) is 10.8. The molecular weight excluding hydrogens is 458 g/mol. The number of ether oxygens (including phenoxy) is 1. The summed E-state index contributed by atoms with van der Waals surface area (Å²) in [4.78, 5) is 16.4. The summed E-state index contributed by atoms with van der Waals surface area (Å²) in [7, 11) is -3.75. The minimum absolute atomic E-state index is 0.0795. The van der Waals surface area contributed by atoms with E-state index < -0.39 is 10.0 Å². The fraction of sp³-hybridized carbons (Fsp3) is 0.292. The van der Waals surface area contributed by atoms with Crippen LogP contribution >= 0.6 is 11.3 Å². The van der Waals surface area contributed by atoms with E-state index in [9.17, 15) is 13.2 Å². The normalized spacial score (nSPS) is 15.7. The first-order chi connectivity index (χ1) is 15.9. The number of benzene rings is 2. The van der Waals surface area contributed by atoms with E-state index in [0.717, 1.165) is 18.7 Å². The molecule has 1 fully saturated rings. The molecule has 1 aliphatic heterocycles. The van der Waals surface area contributed by atoms with Crippen molar-refractivity contribution in [3.05, 3.63) is 82.0 Å². The molecule has 1 atom stereocenters. The smallest absolute Gasteiger partial charge is 0.261 e. The Kier molecular flexibility index (Phi) is 7.44. The SMILES string of the molecule is Cc1ccccc1NS(=O)(=O)c1ccc(C(=O)NCC(c2cccs2)N2CCOCC2)cc1. The highest BCUT2D eigenvalue weighted by Crippen LogP contribution is 2.25. The van der Waals surface area contributed by atoms with Crippen molar-refractivity contribution in [1.29, 1.82) is 0 Å². The summed E-state index contributed by atoms with van der Waals surface area (Å²) < 4.78 is 33.5. The van der Waals surface area contributed by atoms with E-state index in [1.54, 1.807) is 23.5 Å². The number of sulfonamides is 1. The first-order valence-corrected chi connectivity index (χ1v) is 13.1. The van der Waals surface area contributed by atoms with Gasteiger partial charge in [-0.05, 0) is 54.3 Å². The van der Waals surface area contributed by atoms with Gasteiger partial charge in [-0.25, -0.2) is 8.42 Å². The second kappa shape index (κ2) is 10.5. The molecule has 0 radical (unpaired) electrons. The van der Waals surface area contributed by atoms with Crippen molar-refractivity contribution in [3.8, 4) is 0 Å². The van der Waals surface area contributed by atoms with Crippen LogP contribution in [0.1, 0.15) is 26.8 Å². The average Bonchev–Trinajstić information content (AvgIpc) is 3.36. The predicted octanol–water partition coefficient (Wildman–Crippen LogP) is 3.66. The molecular formula is C24H27N3O4S2. The Morgan fingerprint density at radius 1 is 1.06 bits per heavy atom. The quantitative estimate of drug-likeness (QED) is 0.508. The monoisotopic (exact) mass is 485 g/mol. The standard InChI is InChI=1S/C24H27N3O4S2/c1-18-5-2-3-6-21(18)26-33(29,30)20-10-8-19(9-11-20)24(28)25-17-22(23-7-4-16-32-23)27-12-14-31-15-13-27/h2-11,16,22,26H,12-15,17H2,1H3,(H,25,28). The summed E-state index contributed by atoms with van der Waals surface area (Å²) in [6.07, 6.45) is 0. The molecule has 1 aliphatic rings. The Labute approximate surface area is 198 Å². The highest BCUT2D eigenvalue weighted by Gasteiger charge is 2.24. The van der Waals surface area contributed by atoms with Crippen LogP contribution < -0.4 is 10.0 Å². The van der Waals surface area contributed by atoms with Crippen molar-refractivity contribution in [2.24, 2.45) is 0 Å². The van der Waals surface area contributed by atoms with Crippen LogP contribution in [0.15, 0.2) is 70.9 Å². The van der Waals surface area contributed by atoms with Gasteiger partial charge in [0.05, 0.1) is 29.8 Å². The molecule has 2 N–H and O–H groups in total. The van der Waals surface area contributed by atoms with Gasteiger partial charge in [0.2, 0.25) is 0 Å². The van der Waals surface area contributed by atoms with Crippen LogP contribution in [0.5, 0.6) is 0 Å². The number of thiophene rings is 1. The molecule has 0 spiro atoms. The van der Waals surface area contributed by atoms with Crippen LogP contribution in [0.2, 0.25) is 0 Å². The number of anilines is 1. The fourth-order valence-corrected chi connectivity index (χ4v) is 5.74. The maximum absolute atomic E-state index is 12.8.